The summed E-state index contributed by atoms with van der Waals surface area (Å²) < 4.78 is 11.4. The van der Waals surface area contributed by atoms with Crippen molar-refractivity contribution in [2.24, 2.45) is 4.99 Å². The summed E-state index contributed by atoms with van der Waals surface area (Å²) in [7, 11) is 1.59. The Balaban J connectivity index is 1.50. The zero-order valence-electron chi connectivity index (χ0n) is 16.9. The predicted molar refractivity (Wildman–Crippen MR) is 114 cm³/mol. The van der Waals surface area contributed by atoms with Crippen LogP contribution in [0.2, 0.25) is 0 Å². The number of ether oxygens (including phenoxy) is 2. The van der Waals surface area contributed by atoms with Gasteiger partial charge in [-0.3, -0.25) is 9.69 Å². The van der Waals surface area contributed by atoms with E-state index < -0.39 is 0 Å². The Morgan fingerprint density at radius 1 is 1.13 bits per heavy atom. The standard InChI is InChI=1S/C24H23N3O3/c1-29-22-14-19(13-20-24(28)27-12-4-2-3-5-23(27)26-20)10-11-21(22)30-16-18-8-6-17(15-25)7-9-18/h6-11,13-14H,2-5,12,16H2,1H3/b20-13+. The molecule has 0 saturated carbocycles. The molecule has 2 aliphatic rings. The second kappa shape index (κ2) is 8.83. The van der Waals surface area contributed by atoms with Crippen LogP contribution in [0.4, 0.5) is 0 Å². The maximum absolute atomic E-state index is 12.7. The number of nitrogens with zero attached hydrogens (tertiary/aromatic N) is 3. The number of rotatable bonds is 5. The first kappa shape index (κ1) is 19.7. The van der Waals surface area contributed by atoms with Crippen molar-refractivity contribution in [1.82, 2.24) is 4.90 Å². The van der Waals surface area contributed by atoms with E-state index in [-0.39, 0.29) is 5.91 Å². The highest BCUT2D eigenvalue weighted by atomic mass is 16.5. The molecule has 0 atom stereocenters. The largest absolute Gasteiger partial charge is 0.493 e. The Morgan fingerprint density at radius 3 is 2.73 bits per heavy atom. The Hall–Kier alpha value is -3.59. The van der Waals surface area contributed by atoms with Crippen LogP contribution in [0, 0.1) is 11.3 Å². The van der Waals surface area contributed by atoms with Crippen molar-refractivity contribution in [1.29, 1.82) is 5.26 Å². The fourth-order valence-corrected chi connectivity index (χ4v) is 3.64. The SMILES string of the molecule is COc1cc(/C=C2/N=C3CCCCCN3C2=O)ccc1OCc1ccc(C#N)cc1. The predicted octanol–water partition coefficient (Wildman–Crippen LogP) is 4.30. The normalized spacial score (nSPS) is 17.2. The smallest absolute Gasteiger partial charge is 0.277 e. The van der Waals surface area contributed by atoms with Crippen LogP contribution in [0.3, 0.4) is 0 Å². The fraction of sp³-hybridized carbons (Fsp3) is 0.292. The molecule has 0 aliphatic carbocycles. The van der Waals surface area contributed by atoms with Gasteiger partial charge in [0.15, 0.2) is 11.5 Å². The summed E-state index contributed by atoms with van der Waals surface area (Å²) >= 11 is 0. The van der Waals surface area contributed by atoms with Crippen molar-refractivity contribution in [2.45, 2.75) is 32.3 Å². The molecule has 1 fully saturated rings. The van der Waals surface area contributed by atoms with Crippen molar-refractivity contribution >= 4 is 17.8 Å². The van der Waals surface area contributed by atoms with Gasteiger partial charge >= 0.3 is 0 Å². The molecule has 30 heavy (non-hydrogen) atoms. The minimum absolute atomic E-state index is 0.0213. The number of carbonyl (C=O) groups excluding carboxylic acids is 1. The third kappa shape index (κ3) is 4.20. The molecule has 0 unspecified atom stereocenters. The van der Waals surface area contributed by atoms with E-state index in [1.54, 1.807) is 25.3 Å². The lowest BCUT2D eigenvalue weighted by Gasteiger charge is -2.14. The van der Waals surface area contributed by atoms with Gasteiger partial charge in [-0.15, -0.1) is 0 Å². The van der Waals surface area contributed by atoms with Crippen LogP contribution in [0.15, 0.2) is 53.2 Å². The van der Waals surface area contributed by atoms with Gasteiger partial charge < -0.3 is 9.47 Å². The molecule has 6 heteroatoms. The summed E-state index contributed by atoms with van der Waals surface area (Å²) in [6, 6.07) is 14.9. The Labute approximate surface area is 176 Å². The summed E-state index contributed by atoms with van der Waals surface area (Å²) in [4.78, 5) is 19.1. The molecule has 2 heterocycles. The molecule has 0 N–H and O–H groups in total. The summed E-state index contributed by atoms with van der Waals surface area (Å²) in [5.41, 5.74) is 2.89. The lowest BCUT2D eigenvalue weighted by atomic mass is 10.1. The van der Waals surface area contributed by atoms with Crippen molar-refractivity contribution in [3.8, 4) is 17.6 Å². The van der Waals surface area contributed by atoms with Gasteiger partial charge in [-0.2, -0.15) is 5.26 Å². The van der Waals surface area contributed by atoms with Crippen LogP contribution in [0.25, 0.3) is 6.08 Å². The van der Waals surface area contributed by atoms with Gasteiger partial charge in [0.2, 0.25) is 0 Å². The highest BCUT2D eigenvalue weighted by Gasteiger charge is 2.30. The van der Waals surface area contributed by atoms with E-state index in [0.717, 1.165) is 49.2 Å². The second-order valence-electron chi connectivity index (χ2n) is 7.33. The average Bonchev–Trinajstić information content (AvgIpc) is 2.94. The van der Waals surface area contributed by atoms with E-state index >= 15 is 0 Å². The number of fused-ring (bicyclic) bond motifs is 1. The summed E-state index contributed by atoms with van der Waals surface area (Å²) in [6.07, 6.45) is 5.90. The maximum atomic E-state index is 12.7. The summed E-state index contributed by atoms with van der Waals surface area (Å²) in [6.45, 7) is 1.12. The number of hydrogen-bond donors (Lipinski definition) is 0. The number of aliphatic imine (C=N–C) groups is 1. The first-order valence-electron chi connectivity index (χ1n) is 10.1. The van der Waals surface area contributed by atoms with E-state index in [1.165, 1.54) is 0 Å². The number of amidine groups is 1. The van der Waals surface area contributed by atoms with Crippen molar-refractivity contribution in [3.05, 3.63) is 64.9 Å². The number of carbonyl (C=O) groups is 1. The number of benzene rings is 2. The Bertz CT molecular complexity index is 1050. The van der Waals surface area contributed by atoms with E-state index in [9.17, 15) is 4.79 Å². The van der Waals surface area contributed by atoms with Crippen LogP contribution < -0.4 is 9.47 Å². The molecule has 0 radical (unpaired) electrons. The Morgan fingerprint density at radius 2 is 1.97 bits per heavy atom. The monoisotopic (exact) mass is 401 g/mol. The van der Waals surface area contributed by atoms with Gasteiger partial charge in [0.1, 0.15) is 18.1 Å². The highest BCUT2D eigenvalue weighted by molar-refractivity contribution is 6.14. The lowest BCUT2D eigenvalue weighted by Crippen LogP contribution is -2.31. The fourth-order valence-electron chi connectivity index (χ4n) is 3.64. The van der Waals surface area contributed by atoms with Gasteiger partial charge in [-0.25, -0.2) is 4.99 Å². The molecule has 2 aliphatic heterocycles. The Kier molecular flexibility index (Phi) is 5.80. The molecule has 152 valence electrons. The van der Waals surface area contributed by atoms with Crippen molar-refractivity contribution < 1.29 is 14.3 Å². The molecule has 0 bridgehead atoms. The quantitative estimate of drug-likeness (QED) is 0.700. The third-order valence-corrected chi connectivity index (χ3v) is 5.28. The van der Waals surface area contributed by atoms with Gasteiger partial charge in [-0.05, 0) is 54.3 Å². The second-order valence-corrected chi connectivity index (χ2v) is 7.33. The molecule has 1 amide bonds. The van der Waals surface area contributed by atoms with Gasteiger partial charge in [0, 0.05) is 13.0 Å². The molecule has 2 aromatic rings. The van der Waals surface area contributed by atoms with E-state index in [1.807, 2.05) is 35.2 Å². The molecule has 0 aromatic heterocycles. The average molecular weight is 401 g/mol. The molecule has 4 rings (SSSR count). The van der Waals surface area contributed by atoms with Crippen LogP contribution >= 0.6 is 0 Å². The maximum Gasteiger partial charge on any atom is 0.277 e. The van der Waals surface area contributed by atoms with Gasteiger partial charge in [-0.1, -0.05) is 24.6 Å². The first-order valence-corrected chi connectivity index (χ1v) is 10.1. The molecular weight excluding hydrogens is 378 g/mol. The molecule has 0 spiro atoms. The highest BCUT2D eigenvalue weighted by Crippen LogP contribution is 2.31. The topological polar surface area (TPSA) is 74.9 Å². The van der Waals surface area contributed by atoms with E-state index in [4.69, 9.17) is 14.7 Å². The van der Waals surface area contributed by atoms with Crippen LogP contribution in [-0.4, -0.2) is 30.3 Å². The molecule has 6 nitrogen and oxygen atoms in total. The number of nitriles is 1. The van der Waals surface area contributed by atoms with Gasteiger partial charge in [0.05, 0.1) is 18.7 Å². The van der Waals surface area contributed by atoms with Gasteiger partial charge in [0.25, 0.3) is 5.91 Å². The number of methoxy groups -OCH3 is 1. The lowest BCUT2D eigenvalue weighted by molar-refractivity contribution is -0.122. The van der Waals surface area contributed by atoms with Crippen LogP contribution in [0.1, 0.15) is 42.4 Å². The third-order valence-electron chi connectivity index (χ3n) is 5.28. The van der Waals surface area contributed by atoms with E-state index in [0.29, 0.717) is 29.4 Å². The summed E-state index contributed by atoms with van der Waals surface area (Å²) in [5, 5.41) is 8.89. The van der Waals surface area contributed by atoms with E-state index in [2.05, 4.69) is 11.1 Å². The number of amides is 1. The summed E-state index contributed by atoms with van der Waals surface area (Å²) in [5.74, 6) is 2.07. The molecule has 1 saturated heterocycles. The van der Waals surface area contributed by atoms with Crippen LogP contribution in [-0.2, 0) is 11.4 Å². The molecule has 2 aromatic carbocycles. The zero-order chi connectivity index (χ0) is 20.9. The minimum Gasteiger partial charge on any atom is -0.493 e. The van der Waals surface area contributed by atoms with Crippen molar-refractivity contribution in [2.75, 3.05) is 13.7 Å². The molecular formula is C24H23N3O3. The zero-order valence-corrected chi connectivity index (χ0v) is 16.9. The number of hydrogen-bond acceptors (Lipinski definition) is 5. The van der Waals surface area contributed by atoms with Crippen LogP contribution in [0.5, 0.6) is 11.5 Å². The minimum atomic E-state index is -0.0213. The van der Waals surface area contributed by atoms with Crippen molar-refractivity contribution in [3.63, 3.8) is 0 Å². The first-order chi connectivity index (χ1) is 14.7.